The number of hydrazone groups is 1. The van der Waals surface area contributed by atoms with Gasteiger partial charge in [0.2, 0.25) is 15.8 Å². The third-order valence-corrected chi connectivity index (χ3v) is 7.46. The topological polar surface area (TPSA) is 122 Å². The lowest BCUT2D eigenvalue weighted by molar-refractivity contribution is -0.384. The maximum absolute atomic E-state index is 12.9. The summed E-state index contributed by atoms with van der Waals surface area (Å²) < 4.78 is 26.7. The van der Waals surface area contributed by atoms with Gasteiger partial charge in [-0.2, -0.15) is 9.41 Å². The molecule has 4 rings (SSSR count). The molecule has 3 aromatic rings. The number of rotatable bonds is 7. The van der Waals surface area contributed by atoms with Gasteiger partial charge in [0.25, 0.3) is 5.69 Å². The molecule has 1 aliphatic carbocycles. The Morgan fingerprint density at radius 2 is 1.69 bits per heavy atom. The van der Waals surface area contributed by atoms with Gasteiger partial charge in [0.05, 0.1) is 9.82 Å². The van der Waals surface area contributed by atoms with Crippen molar-refractivity contribution in [3.63, 3.8) is 0 Å². The van der Waals surface area contributed by atoms with Crippen molar-refractivity contribution in [3.05, 3.63) is 75.8 Å². The van der Waals surface area contributed by atoms with Gasteiger partial charge in [0, 0.05) is 35.7 Å². The number of nitrogens with zero attached hydrogens (tertiary/aromatic N) is 3. The smallest absolute Gasteiger partial charge is 0.287 e. The van der Waals surface area contributed by atoms with Gasteiger partial charge < -0.3 is 0 Å². The Hall–Kier alpha value is -3.63. The molecule has 32 heavy (non-hydrogen) atoms. The number of carbonyl (C=O) groups excluding carboxylic acids is 1. The van der Waals surface area contributed by atoms with Crippen LogP contribution in [0.25, 0.3) is 10.8 Å². The molecule has 0 aromatic heterocycles. The monoisotopic (exact) mass is 452 g/mol. The average molecular weight is 452 g/mol. The van der Waals surface area contributed by atoms with Crippen LogP contribution in [-0.2, 0) is 10.0 Å². The first kappa shape index (κ1) is 21.6. The molecule has 0 spiro atoms. The SMILES string of the molecule is CCN(CC)S(=O)(=O)c1ccc(N/N=C2/C(=O)c3cccc4cccc2c34)c([N+](=O)[O-])c1. The molecule has 3 aromatic carbocycles. The van der Waals surface area contributed by atoms with Crippen LogP contribution in [0.3, 0.4) is 0 Å². The Bertz CT molecular complexity index is 1390. The number of nitro benzene ring substituents is 1. The van der Waals surface area contributed by atoms with Crippen molar-refractivity contribution < 1.29 is 18.1 Å². The fourth-order valence-corrected chi connectivity index (χ4v) is 5.31. The number of nitro groups is 1. The first-order valence-corrected chi connectivity index (χ1v) is 11.4. The van der Waals surface area contributed by atoms with Gasteiger partial charge in [-0.15, -0.1) is 0 Å². The number of hydrogen-bond acceptors (Lipinski definition) is 7. The number of sulfonamides is 1. The first-order valence-electron chi connectivity index (χ1n) is 9.98. The van der Waals surface area contributed by atoms with Crippen LogP contribution in [0.5, 0.6) is 0 Å². The molecular formula is C22H20N4O5S. The number of benzene rings is 3. The van der Waals surface area contributed by atoms with Crippen LogP contribution in [0.4, 0.5) is 11.4 Å². The second kappa shape index (κ2) is 8.13. The number of anilines is 1. The zero-order chi connectivity index (χ0) is 23.0. The zero-order valence-electron chi connectivity index (χ0n) is 17.4. The van der Waals surface area contributed by atoms with E-state index in [-0.39, 0.29) is 35.2 Å². The van der Waals surface area contributed by atoms with E-state index < -0.39 is 20.6 Å². The van der Waals surface area contributed by atoms with Crippen molar-refractivity contribution in [2.24, 2.45) is 5.10 Å². The number of ketones is 1. The zero-order valence-corrected chi connectivity index (χ0v) is 18.2. The minimum atomic E-state index is -3.87. The minimum Gasteiger partial charge on any atom is -0.287 e. The van der Waals surface area contributed by atoms with Crippen LogP contribution in [0, 0.1) is 10.1 Å². The van der Waals surface area contributed by atoms with Gasteiger partial charge in [0.1, 0.15) is 11.4 Å². The van der Waals surface area contributed by atoms with Gasteiger partial charge in [-0.05, 0) is 17.5 Å². The average Bonchev–Trinajstić information content (AvgIpc) is 3.06. The molecule has 164 valence electrons. The summed E-state index contributed by atoms with van der Waals surface area (Å²) in [6, 6.07) is 14.4. The number of nitrogens with one attached hydrogen (secondary N) is 1. The number of Topliss-reactive ketones (excluding diaryl/α,β-unsaturated/α-hetero) is 1. The summed E-state index contributed by atoms with van der Waals surface area (Å²) in [7, 11) is -3.87. The molecule has 0 radical (unpaired) electrons. The van der Waals surface area contributed by atoms with Crippen molar-refractivity contribution in [1.82, 2.24) is 4.31 Å². The molecule has 0 saturated carbocycles. The highest BCUT2D eigenvalue weighted by atomic mass is 32.2. The Labute approximate surface area is 184 Å². The van der Waals surface area contributed by atoms with Crippen molar-refractivity contribution in [2.45, 2.75) is 18.7 Å². The molecule has 0 amide bonds. The van der Waals surface area contributed by atoms with Crippen LogP contribution >= 0.6 is 0 Å². The third kappa shape index (κ3) is 3.43. The predicted molar refractivity (Wildman–Crippen MR) is 122 cm³/mol. The summed E-state index contributed by atoms with van der Waals surface area (Å²) >= 11 is 0. The quantitative estimate of drug-likeness (QED) is 0.430. The van der Waals surface area contributed by atoms with Crippen LogP contribution in [0.2, 0.25) is 0 Å². The second-order valence-corrected chi connectivity index (χ2v) is 9.07. The highest BCUT2D eigenvalue weighted by Gasteiger charge is 2.30. The number of hydrogen-bond donors (Lipinski definition) is 1. The normalized spacial score (nSPS) is 14.5. The lowest BCUT2D eigenvalue weighted by atomic mass is 10.1. The second-order valence-electron chi connectivity index (χ2n) is 7.14. The molecule has 0 aliphatic heterocycles. The van der Waals surface area contributed by atoms with Crippen molar-refractivity contribution in [3.8, 4) is 0 Å². The van der Waals surface area contributed by atoms with E-state index in [9.17, 15) is 23.3 Å². The van der Waals surface area contributed by atoms with Crippen molar-refractivity contribution in [2.75, 3.05) is 18.5 Å². The summed E-state index contributed by atoms with van der Waals surface area (Å²) in [6.07, 6.45) is 0. The molecular weight excluding hydrogens is 432 g/mol. The Kier molecular flexibility index (Phi) is 5.49. The Balaban J connectivity index is 1.73. The van der Waals surface area contributed by atoms with Crippen LogP contribution < -0.4 is 5.43 Å². The highest BCUT2D eigenvalue weighted by Crippen LogP contribution is 2.32. The molecule has 0 atom stereocenters. The third-order valence-electron chi connectivity index (χ3n) is 5.42. The van der Waals surface area contributed by atoms with Crippen LogP contribution in [0.1, 0.15) is 29.8 Å². The van der Waals surface area contributed by atoms with E-state index in [1.807, 2.05) is 18.2 Å². The molecule has 10 heteroatoms. The molecule has 9 nitrogen and oxygen atoms in total. The molecule has 1 N–H and O–H groups in total. The van der Waals surface area contributed by atoms with E-state index in [1.54, 1.807) is 32.0 Å². The van der Waals surface area contributed by atoms with Gasteiger partial charge >= 0.3 is 0 Å². The van der Waals surface area contributed by atoms with Crippen molar-refractivity contribution >= 4 is 43.7 Å². The highest BCUT2D eigenvalue weighted by molar-refractivity contribution is 7.89. The van der Waals surface area contributed by atoms with Crippen molar-refractivity contribution in [1.29, 1.82) is 0 Å². The Morgan fingerprint density at radius 3 is 2.31 bits per heavy atom. The van der Waals surface area contributed by atoms with E-state index in [0.29, 0.717) is 11.1 Å². The summed E-state index contributed by atoms with van der Waals surface area (Å²) in [5, 5.41) is 17.5. The molecule has 0 unspecified atom stereocenters. The van der Waals surface area contributed by atoms with Crippen LogP contribution in [-0.4, -0.2) is 42.2 Å². The molecule has 1 aliphatic rings. The van der Waals surface area contributed by atoms with E-state index in [2.05, 4.69) is 10.5 Å². The summed E-state index contributed by atoms with van der Waals surface area (Å²) in [5.41, 5.74) is 3.43. The Morgan fingerprint density at radius 1 is 1.03 bits per heavy atom. The molecule has 0 heterocycles. The summed E-state index contributed by atoms with van der Waals surface area (Å²) in [6.45, 7) is 3.88. The molecule has 0 saturated heterocycles. The number of carbonyl (C=O) groups is 1. The predicted octanol–water partition coefficient (Wildman–Crippen LogP) is 3.79. The van der Waals surface area contributed by atoms with E-state index >= 15 is 0 Å². The molecule has 0 bridgehead atoms. The first-order chi connectivity index (χ1) is 15.3. The van der Waals surface area contributed by atoms with Crippen LogP contribution in [0.15, 0.2) is 64.6 Å². The fourth-order valence-electron chi connectivity index (χ4n) is 3.83. The van der Waals surface area contributed by atoms with E-state index in [4.69, 9.17) is 0 Å². The maximum Gasteiger partial charge on any atom is 0.295 e. The largest absolute Gasteiger partial charge is 0.295 e. The van der Waals surface area contributed by atoms with E-state index in [0.717, 1.165) is 16.8 Å². The lowest BCUT2D eigenvalue weighted by Gasteiger charge is -2.18. The van der Waals surface area contributed by atoms with Gasteiger partial charge in [-0.1, -0.05) is 50.2 Å². The fraction of sp³-hybridized carbons (Fsp3) is 0.182. The van der Waals surface area contributed by atoms with E-state index in [1.165, 1.54) is 16.4 Å². The minimum absolute atomic E-state index is 0.0167. The van der Waals surface area contributed by atoms with Gasteiger partial charge in [-0.3, -0.25) is 20.3 Å². The maximum atomic E-state index is 12.9. The standard InChI is InChI=1S/C22H20N4O5S/c1-3-25(4-2)32(30,31)15-11-12-18(19(13-15)26(28)29)23-24-21-16-9-5-7-14-8-6-10-17(20(14)16)22(21)27/h5-13,23H,3-4H2,1-2H3/b24-21+. The summed E-state index contributed by atoms with van der Waals surface area (Å²) in [4.78, 5) is 23.6. The molecule has 0 fully saturated rings. The summed E-state index contributed by atoms with van der Waals surface area (Å²) in [5.74, 6) is -0.285. The van der Waals surface area contributed by atoms with Gasteiger partial charge in [-0.25, -0.2) is 8.42 Å². The lowest BCUT2D eigenvalue weighted by Crippen LogP contribution is -2.30. The van der Waals surface area contributed by atoms with Gasteiger partial charge in [0.15, 0.2) is 0 Å².